The number of allylic oxidation sites excluding steroid dienone is 5. The molecule has 2 unspecified atom stereocenters. The van der Waals surface area contributed by atoms with Crippen LogP contribution in [-0.2, 0) is 9.59 Å². The fourth-order valence-corrected chi connectivity index (χ4v) is 4.13. The summed E-state index contributed by atoms with van der Waals surface area (Å²) in [5, 5.41) is 0. The van der Waals surface area contributed by atoms with E-state index in [1.807, 2.05) is 5.94 Å². The highest BCUT2D eigenvalue weighted by Crippen LogP contribution is 2.53. The van der Waals surface area contributed by atoms with Crippen molar-refractivity contribution in [3.63, 3.8) is 0 Å². The Morgan fingerprint density at radius 3 is 2.67 bits per heavy atom. The van der Waals surface area contributed by atoms with Gasteiger partial charge in [0.25, 0.3) is 0 Å². The molecule has 1 saturated carbocycles. The van der Waals surface area contributed by atoms with Crippen LogP contribution < -0.4 is 0 Å². The van der Waals surface area contributed by atoms with Gasteiger partial charge in [0.2, 0.25) is 0 Å². The number of rotatable bonds is 2. The van der Waals surface area contributed by atoms with E-state index in [-0.39, 0.29) is 0 Å². The maximum Gasteiger partial charge on any atom is 0.150 e. The molecule has 0 heterocycles. The summed E-state index contributed by atoms with van der Waals surface area (Å²) in [7, 11) is 0. The average molecular weight is 276 g/mol. The van der Waals surface area contributed by atoms with E-state index < -0.39 is 0 Å². The van der Waals surface area contributed by atoms with Gasteiger partial charge in [0, 0.05) is 17.6 Å². The van der Waals surface area contributed by atoms with Crippen LogP contribution in [0.3, 0.4) is 0 Å². The molecule has 1 aromatic carbocycles. The van der Waals surface area contributed by atoms with Crippen LogP contribution in [0.2, 0.25) is 0 Å². The molecule has 3 aliphatic rings. The van der Waals surface area contributed by atoms with E-state index in [2.05, 4.69) is 18.2 Å². The van der Waals surface area contributed by atoms with Crippen LogP contribution >= 0.6 is 0 Å². The molecule has 0 aromatic heterocycles. The molecule has 2 atom stereocenters. The zero-order chi connectivity index (χ0) is 14.4. The molecule has 0 spiro atoms. The molecule has 21 heavy (non-hydrogen) atoms. The molecule has 0 saturated heterocycles. The Hall–Kier alpha value is -2.18. The van der Waals surface area contributed by atoms with Gasteiger partial charge in [0.05, 0.1) is 0 Å². The maximum atomic E-state index is 11.3. The molecule has 0 radical (unpaired) electrons. The zero-order valence-electron chi connectivity index (χ0n) is 11.8. The van der Waals surface area contributed by atoms with Crippen molar-refractivity contribution in [3.05, 3.63) is 58.2 Å². The van der Waals surface area contributed by atoms with Crippen molar-refractivity contribution >= 4 is 17.8 Å². The third kappa shape index (κ3) is 1.87. The monoisotopic (exact) mass is 276 g/mol. The maximum absolute atomic E-state index is 11.3. The van der Waals surface area contributed by atoms with Crippen LogP contribution in [0.5, 0.6) is 0 Å². The van der Waals surface area contributed by atoms with Crippen LogP contribution in [0.25, 0.3) is 5.57 Å². The Bertz CT molecular complexity index is 745. The predicted octanol–water partition coefficient (Wildman–Crippen LogP) is 3.72. The van der Waals surface area contributed by atoms with Crippen LogP contribution in [-0.4, -0.2) is 12.2 Å². The minimum atomic E-state index is 0.501. The van der Waals surface area contributed by atoms with Crippen LogP contribution in [0.1, 0.15) is 54.2 Å². The second-order valence-corrected chi connectivity index (χ2v) is 6.24. The first kappa shape index (κ1) is 12.6. The number of aldehydes is 1. The number of hydrogen-bond acceptors (Lipinski definition) is 2. The van der Waals surface area contributed by atoms with Gasteiger partial charge in [-0.2, -0.15) is 0 Å². The first-order chi connectivity index (χ1) is 10.3. The van der Waals surface area contributed by atoms with E-state index in [1.165, 1.54) is 30.4 Å². The van der Waals surface area contributed by atoms with Gasteiger partial charge >= 0.3 is 0 Å². The van der Waals surface area contributed by atoms with Gasteiger partial charge in [-0.25, -0.2) is 4.79 Å². The number of carbonyl (C=O) groups excluding carboxylic acids is 2. The fraction of sp³-hybridized carbons (Fsp3) is 0.316. The highest BCUT2D eigenvalue weighted by atomic mass is 16.1. The van der Waals surface area contributed by atoms with E-state index in [1.54, 1.807) is 12.2 Å². The van der Waals surface area contributed by atoms with E-state index in [9.17, 15) is 9.59 Å². The van der Waals surface area contributed by atoms with Crippen molar-refractivity contribution in [2.24, 2.45) is 0 Å². The molecule has 0 amide bonds. The van der Waals surface area contributed by atoms with Crippen LogP contribution in [0.4, 0.5) is 0 Å². The van der Waals surface area contributed by atoms with Crippen LogP contribution in [0.15, 0.2) is 41.5 Å². The standard InChI is InChI=1S/C19H16O2/c20-10-12-1-2-16(11-21)18(7-12)15-5-6-17-13-3-4-14(8-13)19(17)9-15/h1-2,5-6,9,11,13-14H,3-4,7-8H2. The summed E-state index contributed by atoms with van der Waals surface area (Å²) in [5.74, 6) is 3.40. The summed E-state index contributed by atoms with van der Waals surface area (Å²) >= 11 is 0. The smallest absolute Gasteiger partial charge is 0.150 e. The fourth-order valence-electron chi connectivity index (χ4n) is 4.13. The summed E-state index contributed by atoms with van der Waals surface area (Å²) in [6.07, 6.45) is 8.70. The lowest BCUT2D eigenvalue weighted by Gasteiger charge is -2.19. The topological polar surface area (TPSA) is 34.1 Å². The van der Waals surface area contributed by atoms with E-state index in [4.69, 9.17) is 0 Å². The molecular weight excluding hydrogens is 260 g/mol. The van der Waals surface area contributed by atoms with Crippen LogP contribution in [0, 0.1) is 0 Å². The van der Waals surface area contributed by atoms with Gasteiger partial charge < -0.3 is 0 Å². The van der Waals surface area contributed by atoms with Crippen molar-refractivity contribution < 1.29 is 9.59 Å². The number of fused-ring (bicyclic) bond motifs is 5. The summed E-state index contributed by atoms with van der Waals surface area (Å²) < 4.78 is 0. The highest BCUT2D eigenvalue weighted by Gasteiger charge is 2.36. The zero-order valence-corrected chi connectivity index (χ0v) is 11.8. The van der Waals surface area contributed by atoms with E-state index in [0.29, 0.717) is 23.5 Å². The molecule has 0 aliphatic heterocycles. The van der Waals surface area contributed by atoms with Crippen molar-refractivity contribution in [1.82, 2.24) is 0 Å². The SMILES string of the molecule is O=C=C1C=CC(C=O)=C(c2ccc3c(c2)C2CCC3C2)C1. The van der Waals surface area contributed by atoms with Crippen molar-refractivity contribution in [1.29, 1.82) is 0 Å². The molecule has 2 heteroatoms. The predicted molar refractivity (Wildman–Crippen MR) is 81.7 cm³/mol. The number of carbonyl (C=O) groups is 1. The van der Waals surface area contributed by atoms with Crippen molar-refractivity contribution in [3.8, 4) is 0 Å². The Balaban J connectivity index is 1.81. The molecule has 2 nitrogen and oxygen atoms in total. The van der Waals surface area contributed by atoms with Gasteiger partial charge in [-0.3, -0.25) is 4.79 Å². The molecule has 104 valence electrons. The van der Waals surface area contributed by atoms with E-state index >= 15 is 0 Å². The lowest BCUT2D eigenvalue weighted by molar-refractivity contribution is -0.104. The highest BCUT2D eigenvalue weighted by molar-refractivity contribution is 5.94. The first-order valence-electron chi connectivity index (χ1n) is 7.54. The molecule has 4 rings (SSSR count). The lowest BCUT2D eigenvalue weighted by atomic mass is 9.85. The molecule has 2 bridgehead atoms. The second kappa shape index (κ2) is 4.68. The number of hydrogen-bond donors (Lipinski definition) is 0. The number of benzene rings is 1. The quantitative estimate of drug-likeness (QED) is 0.609. The summed E-state index contributed by atoms with van der Waals surface area (Å²) in [6, 6.07) is 6.59. The molecule has 0 N–H and O–H groups in total. The third-order valence-corrected chi connectivity index (χ3v) is 5.19. The summed E-state index contributed by atoms with van der Waals surface area (Å²) in [4.78, 5) is 22.2. The molecule has 1 fully saturated rings. The molecular formula is C19H16O2. The Kier molecular flexibility index (Phi) is 2.80. The molecule has 3 aliphatic carbocycles. The van der Waals surface area contributed by atoms with Gasteiger partial charge in [0.1, 0.15) is 12.2 Å². The minimum absolute atomic E-state index is 0.501. The van der Waals surface area contributed by atoms with Crippen molar-refractivity contribution in [2.75, 3.05) is 0 Å². The lowest BCUT2D eigenvalue weighted by Crippen LogP contribution is -2.02. The van der Waals surface area contributed by atoms with E-state index in [0.717, 1.165) is 23.3 Å². The largest absolute Gasteiger partial charge is 0.298 e. The minimum Gasteiger partial charge on any atom is -0.298 e. The Morgan fingerprint density at radius 1 is 1.10 bits per heavy atom. The summed E-state index contributed by atoms with van der Waals surface area (Å²) in [6.45, 7) is 0. The van der Waals surface area contributed by atoms with Crippen molar-refractivity contribution in [2.45, 2.75) is 37.5 Å². The third-order valence-electron chi connectivity index (χ3n) is 5.19. The second-order valence-electron chi connectivity index (χ2n) is 6.24. The van der Waals surface area contributed by atoms with Gasteiger partial charge in [0.15, 0.2) is 0 Å². The summed E-state index contributed by atoms with van der Waals surface area (Å²) in [5.41, 5.74) is 6.29. The van der Waals surface area contributed by atoms with Gasteiger partial charge in [-0.1, -0.05) is 24.3 Å². The first-order valence-corrected chi connectivity index (χ1v) is 7.54. The molecule has 1 aromatic rings. The van der Waals surface area contributed by atoms with Gasteiger partial charge in [-0.05, 0) is 59.4 Å². The Morgan fingerprint density at radius 2 is 1.90 bits per heavy atom. The normalized spacial score (nSPS) is 26.0. The average Bonchev–Trinajstić information content (AvgIpc) is 3.16. The Labute approximate surface area is 123 Å². The van der Waals surface area contributed by atoms with Gasteiger partial charge in [-0.15, -0.1) is 0 Å².